The van der Waals surface area contributed by atoms with Crippen LogP contribution in [0.3, 0.4) is 0 Å². The Hall–Kier alpha value is -0.950. The van der Waals surface area contributed by atoms with Crippen molar-refractivity contribution >= 4 is 10.1 Å². The van der Waals surface area contributed by atoms with Crippen LogP contribution < -0.4 is 0 Å². The summed E-state index contributed by atoms with van der Waals surface area (Å²) in [5.74, 6) is 0. The van der Waals surface area contributed by atoms with E-state index in [1.54, 1.807) is 12.1 Å². The van der Waals surface area contributed by atoms with Crippen LogP contribution in [0.25, 0.3) is 0 Å². The van der Waals surface area contributed by atoms with E-state index in [1.807, 2.05) is 6.92 Å². The van der Waals surface area contributed by atoms with Gasteiger partial charge in [-0.3, -0.25) is 4.18 Å². The number of benzene rings is 1. The molecule has 1 atom stereocenters. The smallest absolute Gasteiger partial charge is 0.297 e. The third-order valence-electron chi connectivity index (χ3n) is 2.51. The fourth-order valence-electron chi connectivity index (χ4n) is 1.13. The number of aliphatic hydroxyl groups excluding tert-OH is 1. The molecule has 6 heteroatoms. The zero-order valence-electron chi connectivity index (χ0n) is 10.6. The molecule has 0 saturated heterocycles. The fourth-order valence-corrected chi connectivity index (χ4v) is 2.04. The minimum Gasteiger partial charge on any atom is -0.388 e. The molecule has 0 saturated carbocycles. The molecule has 0 spiro atoms. The van der Waals surface area contributed by atoms with Crippen molar-refractivity contribution < 1.29 is 22.8 Å². The van der Waals surface area contributed by atoms with E-state index in [1.165, 1.54) is 26.0 Å². The SMILES string of the molecule is Cc1ccc(S(=O)(=O)OC[C@H](O)C(C)(C)O)cc1. The monoisotopic (exact) mass is 274 g/mol. The predicted molar refractivity (Wildman–Crippen MR) is 66.6 cm³/mol. The molecule has 18 heavy (non-hydrogen) atoms. The summed E-state index contributed by atoms with van der Waals surface area (Å²) in [6.45, 7) is 4.11. The first-order valence-corrected chi connectivity index (χ1v) is 6.90. The molecule has 102 valence electrons. The zero-order valence-corrected chi connectivity index (χ0v) is 11.4. The lowest BCUT2D eigenvalue weighted by atomic mass is 10.0. The highest BCUT2D eigenvalue weighted by molar-refractivity contribution is 7.86. The van der Waals surface area contributed by atoms with Gasteiger partial charge in [-0.25, -0.2) is 0 Å². The lowest BCUT2D eigenvalue weighted by Crippen LogP contribution is -2.39. The van der Waals surface area contributed by atoms with Gasteiger partial charge in [-0.2, -0.15) is 8.42 Å². The van der Waals surface area contributed by atoms with Gasteiger partial charge in [0.25, 0.3) is 10.1 Å². The van der Waals surface area contributed by atoms with Gasteiger partial charge in [0.1, 0.15) is 6.10 Å². The van der Waals surface area contributed by atoms with Crippen LogP contribution >= 0.6 is 0 Å². The van der Waals surface area contributed by atoms with Crippen LogP contribution in [0.5, 0.6) is 0 Å². The van der Waals surface area contributed by atoms with Crippen molar-refractivity contribution in [2.45, 2.75) is 37.4 Å². The van der Waals surface area contributed by atoms with Crippen molar-refractivity contribution in [2.24, 2.45) is 0 Å². The Bertz CT molecular complexity index is 484. The summed E-state index contributed by atoms with van der Waals surface area (Å²) in [6.07, 6.45) is -1.28. The second-order valence-electron chi connectivity index (χ2n) is 4.72. The quantitative estimate of drug-likeness (QED) is 0.777. The summed E-state index contributed by atoms with van der Waals surface area (Å²) >= 11 is 0. The first-order chi connectivity index (χ1) is 8.13. The van der Waals surface area contributed by atoms with Gasteiger partial charge in [-0.1, -0.05) is 17.7 Å². The molecule has 0 fully saturated rings. The number of aryl methyl sites for hydroxylation is 1. The summed E-state index contributed by atoms with van der Waals surface area (Å²) in [7, 11) is -3.90. The van der Waals surface area contributed by atoms with E-state index in [9.17, 15) is 18.6 Å². The van der Waals surface area contributed by atoms with Crippen LogP contribution in [0.1, 0.15) is 19.4 Å². The van der Waals surface area contributed by atoms with Crippen LogP contribution in [-0.2, 0) is 14.3 Å². The first-order valence-electron chi connectivity index (χ1n) is 5.49. The van der Waals surface area contributed by atoms with Gasteiger partial charge < -0.3 is 10.2 Å². The first kappa shape index (κ1) is 15.1. The van der Waals surface area contributed by atoms with Crippen LogP contribution in [0.15, 0.2) is 29.2 Å². The molecule has 0 heterocycles. The molecular formula is C12H18O5S. The van der Waals surface area contributed by atoms with Gasteiger partial charge in [0, 0.05) is 0 Å². The summed E-state index contributed by atoms with van der Waals surface area (Å²) in [4.78, 5) is 0.0241. The number of hydrogen-bond acceptors (Lipinski definition) is 5. The Morgan fingerprint density at radius 2 is 1.78 bits per heavy atom. The average Bonchev–Trinajstić information content (AvgIpc) is 2.25. The molecule has 0 unspecified atom stereocenters. The Labute approximate surface area is 107 Å². The molecular weight excluding hydrogens is 256 g/mol. The van der Waals surface area contributed by atoms with E-state index in [4.69, 9.17) is 4.18 Å². The van der Waals surface area contributed by atoms with E-state index in [0.717, 1.165) is 5.56 Å². The molecule has 0 amide bonds. The van der Waals surface area contributed by atoms with E-state index in [0.29, 0.717) is 0 Å². The molecule has 1 aromatic rings. The molecule has 1 rings (SSSR count). The Morgan fingerprint density at radius 3 is 2.22 bits per heavy atom. The van der Waals surface area contributed by atoms with Crippen molar-refractivity contribution in [1.29, 1.82) is 0 Å². The van der Waals surface area contributed by atoms with Gasteiger partial charge >= 0.3 is 0 Å². The maximum atomic E-state index is 11.8. The maximum Gasteiger partial charge on any atom is 0.297 e. The Morgan fingerprint density at radius 1 is 1.28 bits per heavy atom. The van der Waals surface area contributed by atoms with Crippen molar-refractivity contribution in [2.75, 3.05) is 6.61 Å². The van der Waals surface area contributed by atoms with Crippen LogP contribution in [-0.4, -0.2) is 36.9 Å². The minimum atomic E-state index is -3.90. The van der Waals surface area contributed by atoms with Crippen molar-refractivity contribution in [3.8, 4) is 0 Å². The van der Waals surface area contributed by atoms with Crippen LogP contribution in [0, 0.1) is 6.92 Å². The second-order valence-corrected chi connectivity index (χ2v) is 6.34. The minimum absolute atomic E-state index is 0.0241. The molecule has 0 radical (unpaired) electrons. The normalized spacial score (nSPS) is 14.5. The van der Waals surface area contributed by atoms with Gasteiger partial charge in [-0.05, 0) is 32.9 Å². The van der Waals surface area contributed by atoms with Gasteiger partial charge in [-0.15, -0.1) is 0 Å². The van der Waals surface area contributed by atoms with Gasteiger partial charge in [0.15, 0.2) is 0 Å². The van der Waals surface area contributed by atoms with E-state index >= 15 is 0 Å². The third kappa shape index (κ3) is 4.06. The molecule has 0 aromatic heterocycles. The average molecular weight is 274 g/mol. The number of rotatable bonds is 5. The summed E-state index contributed by atoms with van der Waals surface area (Å²) in [5, 5.41) is 19.0. The lowest BCUT2D eigenvalue weighted by Gasteiger charge is -2.23. The maximum absolute atomic E-state index is 11.8. The van der Waals surface area contributed by atoms with Crippen LogP contribution in [0.2, 0.25) is 0 Å². The number of aliphatic hydroxyl groups is 2. The Balaban J connectivity index is 2.75. The molecule has 0 aliphatic carbocycles. The Kier molecular flexibility index (Phi) is 4.50. The zero-order chi connectivity index (χ0) is 14.0. The largest absolute Gasteiger partial charge is 0.388 e. The van der Waals surface area contributed by atoms with Crippen molar-refractivity contribution in [1.82, 2.24) is 0 Å². The molecule has 0 bridgehead atoms. The lowest BCUT2D eigenvalue weighted by molar-refractivity contribution is -0.0652. The summed E-state index contributed by atoms with van der Waals surface area (Å²) in [5.41, 5.74) is -0.478. The van der Waals surface area contributed by atoms with Gasteiger partial charge in [0.2, 0.25) is 0 Å². The van der Waals surface area contributed by atoms with Gasteiger partial charge in [0.05, 0.1) is 17.1 Å². The van der Waals surface area contributed by atoms with E-state index in [-0.39, 0.29) is 4.90 Å². The summed E-state index contributed by atoms with van der Waals surface area (Å²) in [6, 6.07) is 6.17. The number of hydrogen-bond donors (Lipinski definition) is 2. The van der Waals surface area contributed by atoms with E-state index < -0.39 is 28.4 Å². The van der Waals surface area contributed by atoms with Crippen molar-refractivity contribution in [3.05, 3.63) is 29.8 Å². The fraction of sp³-hybridized carbons (Fsp3) is 0.500. The van der Waals surface area contributed by atoms with Crippen LogP contribution in [0.4, 0.5) is 0 Å². The van der Waals surface area contributed by atoms with E-state index in [2.05, 4.69) is 0 Å². The van der Waals surface area contributed by atoms with Crippen molar-refractivity contribution in [3.63, 3.8) is 0 Å². The molecule has 1 aromatic carbocycles. The third-order valence-corrected chi connectivity index (χ3v) is 3.80. The second kappa shape index (κ2) is 5.36. The highest BCUT2D eigenvalue weighted by Crippen LogP contribution is 2.15. The molecule has 5 nitrogen and oxygen atoms in total. The molecule has 0 aliphatic heterocycles. The summed E-state index contributed by atoms with van der Waals surface area (Å²) < 4.78 is 28.2. The molecule has 0 aliphatic rings. The predicted octanol–water partition coefficient (Wildman–Crippen LogP) is 0.832. The highest BCUT2D eigenvalue weighted by Gasteiger charge is 2.27. The molecule has 2 N–H and O–H groups in total. The topological polar surface area (TPSA) is 83.8 Å². The standard InChI is InChI=1S/C12H18O5S/c1-9-4-6-10(7-5-9)18(15,16)17-8-11(13)12(2,3)14/h4-7,11,13-14H,8H2,1-3H3/t11-/m0/s1. The highest BCUT2D eigenvalue weighted by atomic mass is 32.2.